The third-order valence-electron chi connectivity index (χ3n) is 5.10. The van der Waals surface area contributed by atoms with Crippen molar-refractivity contribution in [2.45, 2.75) is 39.2 Å². The predicted octanol–water partition coefficient (Wildman–Crippen LogP) is 2.51. The van der Waals surface area contributed by atoms with E-state index < -0.39 is 0 Å². The molecule has 2 heterocycles. The topological polar surface area (TPSA) is 49.9 Å². The molecule has 0 aliphatic carbocycles. The van der Waals surface area contributed by atoms with Gasteiger partial charge in [-0.1, -0.05) is 6.07 Å². The molecule has 2 fully saturated rings. The summed E-state index contributed by atoms with van der Waals surface area (Å²) in [6.45, 7) is 6.03. The van der Waals surface area contributed by atoms with Crippen LogP contribution in [0.1, 0.15) is 31.7 Å². The van der Waals surface area contributed by atoms with Gasteiger partial charge in [0.25, 0.3) is 0 Å². The number of hydrogen-bond donors (Lipinski definition) is 0. The third kappa shape index (κ3) is 3.84. The number of piperidine rings is 1. The van der Waals surface area contributed by atoms with E-state index in [0.717, 1.165) is 12.8 Å². The molecule has 1 aromatic rings. The predicted molar refractivity (Wildman–Crippen MR) is 92.8 cm³/mol. The summed E-state index contributed by atoms with van der Waals surface area (Å²) < 4.78 is 19.4. The zero-order chi connectivity index (χ0) is 18.0. The van der Waals surface area contributed by atoms with E-state index >= 15 is 0 Å². The smallest absolute Gasteiger partial charge is 0.228 e. The summed E-state index contributed by atoms with van der Waals surface area (Å²) in [6.07, 6.45) is 2.10. The number of carbonyl (C=O) groups is 2. The van der Waals surface area contributed by atoms with Crippen LogP contribution in [0.25, 0.3) is 0 Å². The fraction of sp³-hybridized carbons (Fsp3) is 0.579. The first-order valence-corrected chi connectivity index (χ1v) is 8.96. The monoisotopic (exact) mass is 348 g/mol. The van der Waals surface area contributed by atoms with Gasteiger partial charge < -0.3 is 14.5 Å². The summed E-state index contributed by atoms with van der Waals surface area (Å²) in [7, 11) is 0. The highest BCUT2D eigenvalue weighted by Crippen LogP contribution is 2.28. The molecule has 3 rings (SSSR count). The molecule has 2 aliphatic heterocycles. The second-order valence-electron chi connectivity index (χ2n) is 6.82. The highest BCUT2D eigenvalue weighted by molar-refractivity contribution is 6.00. The molecule has 1 aromatic carbocycles. The zero-order valence-electron chi connectivity index (χ0n) is 14.8. The van der Waals surface area contributed by atoms with Crippen LogP contribution in [0.15, 0.2) is 18.2 Å². The van der Waals surface area contributed by atoms with Crippen LogP contribution < -0.4 is 4.90 Å². The summed E-state index contributed by atoms with van der Waals surface area (Å²) in [5.41, 5.74) is 1.07. The van der Waals surface area contributed by atoms with E-state index in [9.17, 15) is 14.0 Å². The first-order valence-electron chi connectivity index (χ1n) is 8.96. The normalized spacial score (nSPS) is 21.9. The first kappa shape index (κ1) is 17.9. The van der Waals surface area contributed by atoms with Crippen molar-refractivity contribution in [2.24, 2.45) is 5.92 Å². The minimum atomic E-state index is -0.347. The Kier molecular flexibility index (Phi) is 5.37. The van der Waals surface area contributed by atoms with Gasteiger partial charge in [0.2, 0.25) is 11.8 Å². The number of amides is 2. The molecule has 0 unspecified atom stereocenters. The van der Waals surface area contributed by atoms with Crippen molar-refractivity contribution < 1.29 is 18.7 Å². The van der Waals surface area contributed by atoms with Crippen molar-refractivity contribution in [3.8, 4) is 0 Å². The maximum Gasteiger partial charge on any atom is 0.228 e. The average Bonchev–Trinajstić information content (AvgIpc) is 2.99. The number of anilines is 1. The number of aryl methyl sites for hydroxylation is 1. The Morgan fingerprint density at radius 1 is 1.32 bits per heavy atom. The van der Waals surface area contributed by atoms with E-state index in [1.165, 1.54) is 11.0 Å². The van der Waals surface area contributed by atoms with Gasteiger partial charge in [-0.15, -0.1) is 0 Å². The second-order valence-corrected chi connectivity index (χ2v) is 6.82. The summed E-state index contributed by atoms with van der Waals surface area (Å²) in [4.78, 5) is 28.4. The molecule has 136 valence electrons. The van der Waals surface area contributed by atoms with Gasteiger partial charge in [0.05, 0.1) is 12.0 Å². The Morgan fingerprint density at radius 2 is 2.04 bits per heavy atom. The van der Waals surface area contributed by atoms with Crippen LogP contribution in [0.2, 0.25) is 0 Å². The van der Waals surface area contributed by atoms with Crippen LogP contribution >= 0.6 is 0 Å². The lowest BCUT2D eigenvalue weighted by Gasteiger charge is -2.33. The van der Waals surface area contributed by atoms with E-state index in [1.54, 1.807) is 19.1 Å². The van der Waals surface area contributed by atoms with Crippen LogP contribution in [0.5, 0.6) is 0 Å². The number of nitrogens with zero attached hydrogens (tertiary/aromatic N) is 2. The number of benzene rings is 1. The molecule has 5 nitrogen and oxygen atoms in total. The second kappa shape index (κ2) is 7.52. The number of hydrogen-bond acceptors (Lipinski definition) is 3. The first-order chi connectivity index (χ1) is 12.0. The molecule has 0 bridgehead atoms. The molecule has 6 heteroatoms. The maximum absolute atomic E-state index is 13.8. The van der Waals surface area contributed by atoms with Crippen LogP contribution in [0.4, 0.5) is 10.1 Å². The highest BCUT2D eigenvalue weighted by atomic mass is 19.1. The van der Waals surface area contributed by atoms with Crippen molar-refractivity contribution in [2.75, 3.05) is 31.1 Å². The van der Waals surface area contributed by atoms with Gasteiger partial charge in [0, 0.05) is 38.3 Å². The average molecular weight is 348 g/mol. The molecule has 25 heavy (non-hydrogen) atoms. The van der Waals surface area contributed by atoms with E-state index in [4.69, 9.17) is 4.74 Å². The molecule has 0 spiro atoms. The Morgan fingerprint density at radius 3 is 2.68 bits per heavy atom. The maximum atomic E-state index is 13.8. The molecule has 0 radical (unpaired) electrons. The van der Waals surface area contributed by atoms with E-state index in [0.29, 0.717) is 37.5 Å². The molecular formula is C19H25FN2O3. The van der Waals surface area contributed by atoms with Gasteiger partial charge >= 0.3 is 0 Å². The lowest BCUT2D eigenvalue weighted by Crippen LogP contribution is -2.44. The summed E-state index contributed by atoms with van der Waals surface area (Å²) in [6, 6.07) is 4.76. The Balaban J connectivity index is 1.62. The SMILES string of the molecule is CCOC1CCN(C(=O)[C@@H]2CC(=O)N(c3ccc(C)c(F)c3)C2)CC1. The van der Waals surface area contributed by atoms with Crippen molar-refractivity contribution in [1.82, 2.24) is 4.90 Å². The molecule has 0 aromatic heterocycles. The summed E-state index contributed by atoms with van der Waals surface area (Å²) >= 11 is 0. The number of rotatable bonds is 4. The fourth-order valence-corrected chi connectivity index (χ4v) is 3.61. The Hall–Kier alpha value is -1.95. The standard InChI is InChI=1S/C19H25FN2O3/c1-3-25-16-6-8-21(9-7-16)19(24)14-10-18(23)22(12-14)15-5-4-13(2)17(20)11-15/h4-5,11,14,16H,3,6-10,12H2,1-2H3/t14-/m1/s1. The minimum Gasteiger partial charge on any atom is -0.378 e. The van der Waals surface area contributed by atoms with Crippen molar-refractivity contribution in [3.05, 3.63) is 29.6 Å². The van der Waals surface area contributed by atoms with Gasteiger partial charge in [0.15, 0.2) is 0 Å². The minimum absolute atomic E-state index is 0.0263. The Labute approximate surface area is 147 Å². The molecule has 0 N–H and O–H groups in total. The number of ether oxygens (including phenoxy) is 1. The molecule has 2 saturated heterocycles. The largest absolute Gasteiger partial charge is 0.378 e. The highest BCUT2D eigenvalue weighted by Gasteiger charge is 2.38. The van der Waals surface area contributed by atoms with Crippen molar-refractivity contribution in [1.29, 1.82) is 0 Å². The zero-order valence-corrected chi connectivity index (χ0v) is 14.8. The molecule has 2 amide bonds. The summed E-state index contributed by atoms with van der Waals surface area (Å²) in [5.74, 6) is -0.775. The third-order valence-corrected chi connectivity index (χ3v) is 5.10. The van der Waals surface area contributed by atoms with Crippen molar-refractivity contribution >= 4 is 17.5 Å². The van der Waals surface area contributed by atoms with Crippen molar-refractivity contribution in [3.63, 3.8) is 0 Å². The lowest BCUT2D eigenvalue weighted by molar-refractivity contribution is -0.138. The van der Waals surface area contributed by atoms with Crippen LogP contribution in [-0.2, 0) is 14.3 Å². The number of halogens is 1. The van der Waals surface area contributed by atoms with Gasteiger partial charge in [0.1, 0.15) is 5.82 Å². The number of carbonyl (C=O) groups excluding carboxylic acids is 2. The quantitative estimate of drug-likeness (QED) is 0.840. The van der Waals surface area contributed by atoms with E-state index in [2.05, 4.69) is 0 Å². The van der Waals surface area contributed by atoms with E-state index in [1.807, 2.05) is 11.8 Å². The van der Waals surface area contributed by atoms with Crippen LogP contribution in [0.3, 0.4) is 0 Å². The van der Waals surface area contributed by atoms with Gasteiger partial charge in [-0.2, -0.15) is 0 Å². The van der Waals surface area contributed by atoms with Gasteiger partial charge in [-0.05, 0) is 44.4 Å². The van der Waals surface area contributed by atoms with E-state index in [-0.39, 0.29) is 36.1 Å². The van der Waals surface area contributed by atoms with Crippen LogP contribution in [-0.4, -0.2) is 49.1 Å². The summed E-state index contributed by atoms with van der Waals surface area (Å²) in [5, 5.41) is 0. The fourth-order valence-electron chi connectivity index (χ4n) is 3.61. The lowest BCUT2D eigenvalue weighted by atomic mass is 10.0. The molecule has 0 saturated carbocycles. The molecular weight excluding hydrogens is 323 g/mol. The number of likely N-dealkylation sites (tertiary alicyclic amines) is 1. The molecule has 2 aliphatic rings. The molecule has 1 atom stereocenters. The van der Waals surface area contributed by atoms with Gasteiger partial charge in [-0.25, -0.2) is 4.39 Å². The Bertz CT molecular complexity index is 656. The van der Waals surface area contributed by atoms with Gasteiger partial charge in [-0.3, -0.25) is 9.59 Å². The van der Waals surface area contributed by atoms with Crippen LogP contribution in [0, 0.1) is 18.7 Å².